The third-order valence-electron chi connectivity index (χ3n) is 4.03. The lowest BCUT2D eigenvalue weighted by atomic mass is 10.1. The second kappa shape index (κ2) is 7.53. The van der Waals surface area contributed by atoms with Gasteiger partial charge >= 0.3 is 0 Å². The summed E-state index contributed by atoms with van der Waals surface area (Å²) in [7, 11) is -0.275. The number of hydrogen-bond donors (Lipinski definition) is 1. The second-order valence-electron chi connectivity index (χ2n) is 6.85. The van der Waals surface area contributed by atoms with E-state index >= 15 is 0 Å². The largest absolute Gasteiger partial charge is 0.541 e. The summed E-state index contributed by atoms with van der Waals surface area (Å²) in [6, 6.07) is 5.77. The van der Waals surface area contributed by atoms with Crippen molar-refractivity contribution in [1.82, 2.24) is 0 Å². The lowest BCUT2D eigenvalue weighted by Crippen LogP contribution is -2.43. The molecule has 1 aromatic rings. The first kappa shape index (κ1) is 19.1. The molecular formula is C17H27ClO3Si. The van der Waals surface area contributed by atoms with Crippen molar-refractivity contribution in [2.45, 2.75) is 45.0 Å². The van der Waals surface area contributed by atoms with Crippen LogP contribution in [0.4, 0.5) is 0 Å². The van der Waals surface area contributed by atoms with Gasteiger partial charge in [0.25, 0.3) is 8.32 Å². The average molecular weight is 343 g/mol. The Morgan fingerprint density at radius 2 is 1.91 bits per heavy atom. The first-order chi connectivity index (χ1) is 10.1. The Hall–Kier alpha value is -0.973. The molecule has 0 radical (unpaired) electrons. The summed E-state index contributed by atoms with van der Waals surface area (Å²) >= 11 is 5.58. The Kier molecular flexibility index (Phi) is 6.53. The zero-order valence-corrected chi connectivity index (χ0v) is 16.1. The highest BCUT2D eigenvalue weighted by molar-refractivity contribution is 6.74. The number of methoxy groups -OCH3 is 1. The van der Waals surface area contributed by atoms with Crippen LogP contribution in [-0.2, 0) is 0 Å². The van der Waals surface area contributed by atoms with Gasteiger partial charge in [-0.2, -0.15) is 0 Å². The van der Waals surface area contributed by atoms with E-state index in [1.54, 1.807) is 13.2 Å². The van der Waals surface area contributed by atoms with Crippen molar-refractivity contribution in [3.05, 3.63) is 29.8 Å². The number of benzene rings is 1. The summed E-state index contributed by atoms with van der Waals surface area (Å²) in [6.45, 7) is 11.0. The van der Waals surface area contributed by atoms with E-state index in [1.165, 1.54) is 0 Å². The van der Waals surface area contributed by atoms with Gasteiger partial charge in [0.1, 0.15) is 5.75 Å². The van der Waals surface area contributed by atoms with Gasteiger partial charge in [-0.05, 0) is 35.8 Å². The molecule has 22 heavy (non-hydrogen) atoms. The summed E-state index contributed by atoms with van der Waals surface area (Å²) in [4.78, 5) is 0. The van der Waals surface area contributed by atoms with Gasteiger partial charge < -0.3 is 14.3 Å². The van der Waals surface area contributed by atoms with Crippen LogP contribution in [0.1, 0.15) is 26.3 Å². The maximum absolute atomic E-state index is 9.47. The monoisotopic (exact) mass is 342 g/mol. The molecule has 0 aliphatic carbocycles. The molecule has 1 atom stereocenters. The van der Waals surface area contributed by atoms with Crippen LogP contribution in [0.2, 0.25) is 18.1 Å². The molecule has 1 unspecified atom stereocenters. The fraction of sp³-hybridized carbons (Fsp3) is 0.529. The Morgan fingerprint density at radius 3 is 2.41 bits per heavy atom. The summed E-state index contributed by atoms with van der Waals surface area (Å²) in [5, 5.41) is 9.60. The normalized spacial score (nSPS) is 14.2. The van der Waals surface area contributed by atoms with Crippen LogP contribution in [0.3, 0.4) is 0 Å². The van der Waals surface area contributed by atoms with Gasteiger partial charge in [0.15, 0.2) is 5.75 Å². The quantitative estimate of drug-likeness (QED) is 0.602. The highest BCUT2D eigenvalue weighted by Crippen LogP contribution is 2.40. The summed E-state index contributed by atoms with van der Waals surface area (Å²) < 4.78 is 11.8. The fourth-order valence-electron chi connectivity index (χ4n) is 1.57. The fourth-order valence-corrected chi connectivity index (χ4v) is 2.70. The molecule has 0 bridgehead atoms. The molecule has 0 saturated heterocycles. The third-order valence-corrected chi connectivity index (χ3v) is 8.69. The first-order valence-corrected chi connectivity index (χ1v) is 10.8. The summed E-state index contributed by atoms with van der Waals surface area (Å²) in [6.07, 6.45) is 2.85. The van der Waals surface area contributed by atoms with E-state index in [9.17, 15) is 5.11 Å². The van der Waals surface area contributed by atoms with Crippen LogP contribution in [-0.4, -0.2) is 32.5 Å². The number of alkyl halides is 1. The SMILES string of the molecule is COc1cc(/C=C/C(O)CCl)ccc1O[Si](C)(C)C(C)(C)C. The molecule has 0 saturated carbocycles. The van der Waals surface area contributed by atoms with Crippen LogP contribution < -0.4 is 9.16 Å². The number of halogens is 1. The van der Waals surface area contributed by atoms with Gasteiger partial charge in [0.2, 0.25) is 0 Å². The molecule has 1 rings (SSSR count). The number of rotatable bonds is 6. The van der Waals surface area contributed by atoms with Gasteiger partial charge in [0, 0.05) is 0 Å². The predicted molar refractivity (Wildman–Crippen MR) is 96.6 cm³/mol. The molecule has 0 amide bonds. The van der Waals surface area contributed by atoms with E-state index in [0.29, 0.717) is 5.75 Å². The number of hydrogen-bond acceptors (Lipinski definition) is 3. The molecular weight excluding hydrogens is 316 g/mol. The molecule has 0 aliphatic heterocycles. The molecule has 0 heterocycles. The van der Waals surface area contributed by atoms with Crippen molar-refractivity contribution in [2.75, 3.05) is 13.0 Å². The standard InChI is InChI=1S/C17H27ClO3Si/c1-17(2,3)22(5,6)21-15-10-8-13(11-16(15)20-4)7-9-14(19)12-18/h7-11,14,19H,12H2,1-6H3/b9-7+. The molecule has 1 N–H and O–H groups in total. The maximum atomic E-state index is 9.47. The molecule has 0 fully saturated rings. The average Bonchev–Trinajstić information content (AvgIpc) is 2.44. The van der Waals surface area contributed by atoms with Crippen molar-refractivity contribution < 1.29 is 14.3 Å². The second-order valence-corrected chi connectivity index (χ2v) is 11.9. The lowest BCUT2D eigenvalue weighted by Gasteiger charge is -2.36. The van der Waals surface area contributed by atoms with E-state index in [1.807, 2.05) is 24.3 Å². The van der Waals surface area contributed by atoms with E-state index in [-0.39, 0.29) is 10.9 Å². The van der Waals surface area contributed by atoms with Crippen molar-refractivity contribution in [3.8, 4) is 11.5 Å². The van der Waals surface area contributed by atoms with E-state index in [4.69, 9.17) is 20.8 Å². The topological polar surface area (TPSA) is 38.7 Å². The first-order valence-electron chi connectivity index (χ1n) is 7.40. The van der Waals surface area contributed by atoms with Crippen LogP contribution in [0, 0.1) is 0 Å². The molecule has 124 valence electrons. The molecule has 0 aliphatic rings. The zero-order chi connectivity index (χ0) is 17.0. The number of ether oxygens (including phenoxy) is 1. The Morgan fingerprint density at radius 1 is 1.27 bits per heavy atom. The van der Waals surface area contributed by atoms with Crippen LogP contribution in [0.25, 0.3) is 6.08 Å². The van der Waals surface area contributed by atoms with Crippen molar-refractivity contribution in [1.29, 1.82) is 0 Å². The molecule has 1 aromatic carbocycles. The smallest absolute Gasteiger partial charge is 0.250 e. The van der Waals surface area contributed by atoms with Crippen molar-refractivity contribution in [2.24, 2.45) is 0 Å². The van der Waals surface area contributed by atoms with Gasteiger partial charge in [-0.3, -0.25) is 0 Å². The Bertz CT molecular complexity index is 521. The van der Waals surface area contributed by atoms with Crippen molar-refractivity contribution >= 4 is 26.0 Å². The minimum absolute atomic E-state index is 0.126. The highest BCUT2D eigenvalue weighted by Gasteiger charge is 2.39. The van der Waals surface area contributed by atoms with Gasteiger partial charge in [0.05, 0.1) is 19.1 Å². The van der Waals surface area contributed by atoms with Crippen LogP contribution in [0.15, 0.2) is 24.3 Å². The van der Waals surface area contributed by atoms with Crippen LogP contribution in [0.5, 0.6) is 11.5 Å². The molecule has 0 aromatic heterocycles. The van der Waals surface area contributed by atoms with Crippen molar-refractivity contribution in [3.63, 3.8) is 0 Å². The minimum atomic E-state index is -1.91. The number of aliphatic hydroxyl groups is 1. The van der Waals surface area contributed by atoms with Crippen LogP contribution >= 0.6 is 11.6 Å². The molecule has 0 spiro atoms. The highest BCUT2D eigenvalue weighted by atomic mass is 35.5. The number of aliphatic hydroxyl groups excluding tert-OH is 1. The van der Waals surface area contributed by atoms with Gasteiger partial charge in [-0.1, -0.05) is 39.0 Å². The molecule has 3 nitrogen and oxygen atoms in total. The maximum Gasteiger partial charge on any atom is 0.250 e. The minimum Gasteiger partial charge on any atom is -0.541 e. The summed E-state index contributed by atoms with van der Waals surface area (Å²) in [5.41, 5.74) is 0.934. The van der Waals surface area contributed by atoms with Gasteiger partial charge in [-0.15, -0.1) is 11.6 Å². The third kappa shape index (κ3) is 5.04. The predicted octanol–water partition coefficient (Wildman–Crippen LogP) is 4.69. The Balaban J connectivity index is 3.02. The summed E-state index contributed by atoms with van der Waals surface area (Å²) in [5.74, 6) is 1.65. The van der Waals surface area contributed by atoms with E-state index in [0.717, 1.165) is 11.3 Å². The van der Waals surface area contributed by atoms with Gasteiger partial charge in [-0.25, -0.2) is 0 Å². The molecule has 5 heteroatoms. The van der Waals surface area contributed by atoms with E-state index < -0.39 is 14.4 Å². The zero-order valence-electron chi connectivity index (χ0n) is 14.3. The van der Waals surface area contributed by atoms with E-state index in [2.05, 4.69) is 33.9 Å². The Labute approximate surface area is 140 Å². The lowest BCUT2D eigenvalue weighted by molar-refractivity contribution is 0.248.